The second kappa shape index (κ2) is 10.6. The molecule has 1 aromatic carbocycles. The van der Waals surface area contributed by atoms with Gasteiger partial charge in [0.2, 0.25) is 0 Å². The minimum atomic E-state index is -0.534. The zero-order valence-electron chi connectivity index (χ0n) is 17.7. The molecule has 1 saturated heterocycles. The van der Waals surface area contributed by atoms with Crippen molar-refractivity contribution in [3.8, 4) is 11.5 Å². The van der Waals surface area contributed by atoms with Crippen LogP contribution >= 0.6 is 0 Å². The van der Waals surface area contributed by atoms with Gasteiger partial charge in [-0.3, -0.25) is 9.80 Å². The molecule has 0 amide bonds. The topological polar surface area (TPSA) is 77.1 Å². The number of rotatable bonds is 10. The Hall–Kier alpha value is -2.13. The van der Waals surface area contributed by atoms with Crippen LogP contribution < -0.4 is 9.47 Å². The monoisotopic (exact) mass is 403 g/mol. The van der Waals surface area contributed by atoms with Gasteiger partial charge in [0, 0.05) is 51.7 Å². The van der Waals surface area contributed by atoms with E-state index in [0.717, 1.165) is 50.7 Å². The summed E-state index contributed by atoms with van der Waals surface area (Å²) < 4.78 is 11.4. The molecule has 1 atom stereocenters. The van der Waals surface area contributed by atoms with Gasteiger partial charge in [-0.25, -0.2) is 4.98 Å². The van der Waals surface area contributed by atoms with Gasteiger partial charge >= 0.3 is 0 Å². The van der Waals surface area contributed by atoms with Crippen molar-refractivity contribution in [1.82, 2.24) is 24.7 Å². The van der Waals surface area contributed by atoms with Crippen molar-refractivity contribution in [3.63, 3.8) is 0 Å². The third-order valence-corrected chi connectivity index (χ3v) is 5.15. The van der Waals surface area contributed by atoms with Crippen LogP contribution in [0.1, 0.15) is 11.4 Å². The van der Waals surface area contributed by atoms with Crippen LogP contribution in [0.5, 0.6) is 11.5 Å². The standard InChI is InChI=1S/C21H33N5O3/c1-24-8-10-26(11-9-24)14-18(27)16-29-20-12-17(4-5-19(20)28-3)13-25(2)15-21-22-6-7-23-21/h4-7,12,18,27H,8-11,13-16H2,1-3H3,(H,22,23)/t18-/m0/s1. The van der Waals surface area contributed by atoms with Crippen molar-refractivity contribution in [2.24, 2.45) is 0 Å². The summed E-state index contributed by atoms with van der Waals surface area (Å²) in [6, 6.07) is 5.93. The molecule has 0 bridgehead atoms. The third-order valence-electron chi connectivity index (χ3n) is 5.15. The number of methoxy groups -OCH3 is 1. The molecule has 0 saturated carbocycles. The molecular formula is C21H33N5O3. The summed E-state index contributed by atoms with van der Waals surface area (Å²) in [4.78, 5) is 14.1. The van der Waals surface area contributed by atoms with Crippen LogP contribution in [0.25, 0.3) is 0 Å². The average Bonchev–Trinajstić information content (AvgIpc) is 3.21. The lowest BCUT2D eigenvalue weighted by atomic mass is 10.2. The summed E-state index contributed by atoms with van der Waals surface area (Å²) >= 11 is 0. The molecule has 1 aliphatic heterocycles. The number of nitrogens with one attached hydrogen (secondary N) is 1. The molecule has 2 aromatic rings. The number of aromatic nitrogens is 2. The van der Waals surface area contributed by atoms with E-state index in [4.69, 9.17) is 9.47 Å². The van der Waals surface area contributed by atoms with Crippen LogP contribution in [-0.2, 0) is 13.1 Å². The average molecular weight is 404 g/mol. The van der Waals surface area contributed by atoms with Gasteiger partial charge in [-0.15, -0.1) is 0 Å². The Morgan fingerprint density at radius 2 is 2.00 bits per heavy atom. The molecule has 0 radical (unpaired) electrons. The fourth-order valence-electron chi connectivity index (χ4n) is 3.51. The summed E-state index contributed by atoms with van der Waals surface area (Å²) in [5, 5.41) is 10.4. The summed E-state index contributed by atoms with van der Waals surface area (Å²) in [5.74, 6) is 2.27. The lowest BCUT2D eigenvalue weighted by Crippen LogP contribution is -2.47. The Labute approximate surface area is 173 Å². The molecule has 2 heterocycles. The van der Waals surface area contributed by atoms with Crippen LogP contribution in [0.15, 0.2) is 30.6 Å². The number of imidazole rings is 1. The number of benzene rings is 1. The summed E-state index contributed by atoms with van der Waals surface area (Å²) in [6.07, 6.45) is 3.06. The third kappa shape index (κ3) is 6.71. The molecule has 1 aliphatic rings. The van der Waals surface area contributed by atoms with E-state index < -0.39 is 6.10 Å². The van der Waals surface area contributed by atoms with Crippen molar-refractivity contribution in [2.45, 2.75) is 19.2 Å². The number of aliphatic hydroxyl groups is 1. The Morgan fingerprint density at radius 1 is 1.21 bits per heavy atom. The molecule has 0 unspecified atom stereocenters. The Balaban J connectivity index is 1.52. The molecule has 1 fully saturated rings. The van der Waals surface area contributed by atoms with Crippen molar-refractivity contribution >= 4 is 0 Å². The highest BCUT2D eigenvalue weighted by Gasteiger charge is 2.18. The van der Waals surface area contributed by atoms with Gasteiger partial charge in [0.05, 0.1) is 13.7 Å². The number of likely N-dealkylation sites (N-methyl/N-ethyl adjacent to an activating group) is 1. The van der Waals surface area contributed by atoms with Gasteiger partial charge in [0.15, 0.2) is 11.5 Å². The minimum Gasteiger partial charge on any atom is -0.493 e. The molecule has 2 N–H and O–H groups in total. The molecule has 1 aromatic heterocycles. The number of hydrogen-bond donors (Lipinski definition) is 2. The highest BCUT2D eigenvalue weighted by molar-refractivity contribution is 5.43. The Bertz CT molecular complexity index is 732. The predicted octanol–water partition coefficient (Wildman–Crippen LogP) is 1.04. The van der Waals surface area contributed by atoms with Crippen LogP contribution in [0.4, 0.5) is 0 Å². The molecule has 8 heteroatoms. The number of aliphatic hydroxyl groups excluding tert-OH is 1. The van der Waals surface area contributed by atoms with E-state index in [2.05, 4.69) is 31.7 Å². The second-order valence-electron chi connectivity index (χ2n) is 7.76. The number of aromatic amines is 1. The first-order chi connectivity index (χ1) is 14.0. The first-order valence-corrected chi connectivity index (χ1v) is 10.1. The van der Waals surface area contributed by atoms with E-state index in [-0.39, 0.29) is 6.61 Å². The normalized spacial score (nSPS) is 16.9. The van der Waals surface area contributed by atoms with E-state index in [9.17, 15) is 5.11 Å². The van der Waals surface area contributed by atoms with Crippen LogP contribution in [-0.4, -0.2) is 96.4 Å². The van der Waals surface area contributed by atoms with Gasteiger partial charge in [-0.2, -0.15) is 0 Å². The van der Waals surface area contributed by atoms with Crippen molar-refractivity contribution < 1.29 is 14.6 Å². The number of ether oxygens (including phenoxy) is 2. The highest BCUT2D eigenvalue weighted by atomic mass is 16.5. The van der Waals surface area contributed by atoms with Gasteiger partial charge in [-0.05, 0) is 31.8 Å². The SMILES string of the molecule is COc1ccc(CN(C)Cc2ncc[nH]2)cc1OC[C@@H](O)CN1CCN(C)CC1. The van der Waals surface area contributed by atoms with E-state index in [1.165, 1.54) is 0 Å². The Morgan fingerprint density at radius 3 is 2.69 bits per heavy atom. The summed E-state index contributed by atoms with van der Waals surface area (Å²) in [6.45, 7) is 6.40. The van der Waals surface area contributed by atoms with E-state index in [0.29, 0.717) is 18.0 Å². The number of H-pyrrole nitrogens is 1. The quantitative estimate of drug-likeness (QED) is 0.614. The second-order valence-corrected chi connectivity index (χ2v) is 7.76. The number of piperazine rings is 1. The van der Waals surface area contributed by atoms with Crippen molar-refractivity contribution in [1.29, 1.82) is 0 Å². The maximum absolute atomic E-state index is 10.4. The van der Waals surface area contributed by atoms with Gasteiger partial charge in [0.1, 0.15) is 18.5 Å². The largest absolute Gasteiger partial charge is 0.493 e. The fourth-order valence-corrected chi connectivity index (χ4v) is 3.51. The zero-order valence-corrected chi connectivity index (χ0v) is 17.7. The lowest BCUT2D eigenvalue weighted by molar-refractivity contribution is 0.0497. The van der Waals surface area contributed by atoms with E-state index in [1.807, 2.05) is 31.4 Å². The van der Waals surface area contributed by atoms with Gasteiger partial charge in [-0.1, -0.05) is 6.07 Å². The first kappa shape index (κ1) is 21.6. The maximum Gasteiger partial charge on any atom is 0.161 e. The fraction of sp³-hybridized carbons (Fsp3) is 0.571. The lowest BCUT2D eigenvalue weighted by Gasteiger charge is -2.33. The maximum atomic E-state index is 10.4. The smallest absolute Gasteiger partial charge is 0.161 e. The first-order valence-electron chi connectivity index (χ1n) is 10.1. The van der Waals surface area contributed by atoms with Gasteiger partial charge < -0.3 is 24.5 Å². The van der Waals surface area contributed by atoms with Crippen LogP contribution in [0.3, 0.4) is 0 Å². The Kier molecular flexibility index (Phi) is 7.88. The summed E-state index contributed by atoms with van der Waals surface area (Å²) in [7, 11) is 5.81. The molecular weight excluding hydrogens is 370 g/mol. The van der Waals surface area contributed by atoms with Crippen LogP contribution in [0.2, 0.25) is 0 Å². The van der Waals surface area contributed by atoms with E-state index >= 15 is 0 Å². The molecule has 8 nitrogen and oxygen atoms in total. The number of nitrogens with zero attached hydrogens (tertiary/aromatic N) is 4. The minimum absolute atomic E-state index is 0.244. The molecule has 3 rings (SSSR count). The van der Waals surface area contributed by atoms with Crippen LogP contribution in [0, 0.1) is 0 Å². The molecule has 29 heavy (non-hydrogen) atoms. The van der Waals surface area contributed by atoms with Gasteiger partial charge in [0.25, 0.3) is 0 Å². The highest BCUT2D eigenvalue weighted by Crippen LogP contribution is 2.28. The van der Waals surface area contributed by atoms with E-state index in [1.54, 1.807) is 13.3 Å². The zero-order chi connectivity index (χ0) is 20.6. The number of hydrogen-bond acceptors (Lipinski definition) is 7. The number of β-amino-alcohol motifs (C(OH)–C–C–N with tert-alkyl or cyclic N) is 1. The molecule has 0 aliphatic carbocycles. The van der Waals surface area contributed by atoms with Crippen molar-refractivity contribution in [3.05, 3.63) is 42.0 Å². The summed E-state index contributed by atoms with van der Waals surface area (Å²) in [5.41, 5.74) is 1.11. The molecule has 160 valence electrons. The van der Waals surface area contributed by atoms with Crippen molar-refractivity contribution in [2.75, 3.05) is 60.5 Å². The predicted molar refractivity (Wildman–Crippen MR) is 112 cm³/mol. The molecule has 0 spiro atoms.